The molecule has 0 saturated heterocycles. The fourth-order valence-electron chi connectivity index (χ4n) is 3.38. The monoisotopic (exact) mass is 510 g/mol. The summed E-state index contributed by atoms with van der Waals surface area (Å²) >= 11 is 6.33. The van der Waals surface area contributed by atoms with Gasteiger partial charge in [0.2, 0.25) is 5.91 Å². The Morgan fingerprint density at radius 2 is 1.59 bits per heavy atom. The first-order chi connectivity index (χ1) is 16.1. The van der Waals surface area contributed by atoms with Gasteiger partial charge in [-0.2, -0.15) is 0 Å². The highest BCUT2D eigenvalue weighted by Crippen LogP contribution is 2.36. The molecule has 0 fully saturated rings. The molecule has 0 saturated carbocycles. The number of carbonyl (C=O) groups is 1. The Morgan fingerprint density at radius 3 is 2.18 bits per heavy atom. The number of benzene rings is 3. The Labute approximate surface area is 200 Å². The fraction of sp³-hybridized carbons (Fsp3) is 0.174. The van der Waals surface area contributed by atoms with Crippen molar-refractivity contribution in [2.24, 2.45) is 5.73 Å². The van der Waals surface area contributed by atoms with Gasteiger partial charge in [0, 0.05) is 23.1 Å². The normalized spacial score (nSPS) is 11.2. The molecule has 0 aromatic heterocycles. The zero-order valence-corrected chi connectivity index (χ0v) is 19.8. The SMILES string of the molecule is COc1ccc(S(=O)(=O)N(CC(N)=O)c2cccc(Cl)c2Cc2c(F)cccc2F)cc1OC. The summed E-state index contributed by atoms with van der Waals surface area (Å²) in [4.78, 5) is 11.6. The van der Waals surface area contributed by atoms with E-state index >= 15 is 0 Å². The maximum atomic E-state index is 14.3. The van der Waals surface area contributed by atoms with Crippen molar-refractivity contribution < 1.29 is 31.5 Å². The lowest BCUT2D eigenvalue weighted by Gasteiger charge is -2.26. The average molecular weight is 511 g/mol. The Hall–Kier alpha value is -3.37. The molecule has 0 aliphatic rings. The van der Waals surface area contributed by atoms with E-state index in [2.05, 4.69) is 0 Å². The van der Waals surface area contributed by atoms with Gasteiger partial charge < -0.3 is 15.2 Å². The lowest BCUT2D eigenvalue weighted by Crippen LogP contribution is -2.39. The summed E-state index contributed by atoms with van der Waals surface area (Å²) in [7, 11) is -1.67. The van der Waals surface area contributed by atoms with E-state index in [4.69, 9.17) is 26.8 Å². The van der Waals surface area contributed by atoms with Crippen LogP contribution in [0.3, 0.4) is 0 Å². The molecule has 180 valence electrons. The second kappa shape index (κ2) is 10.3. The molecule has 0 spiro atoms. The summed E-state index contributed by atoms with van der Waals surface area (Å²) in [5.74, 6) is -2.17. The lowest BCUT2D eigenvalue weighted by atomic mass is 10.0. The number of halogens is 3. The number of nitrogens with two attached hydrogens (primary N) is 1. The number of amides is 1. The second-order valence-corrected chi connectivity index (χ2v) is 9.38. The van der Waals surface area contributed by atoms with E-state index in [9.17, 15) is 22.0 Å². The molecule has 2 N–H and O–H groups in total. The molecule has 0 aliphatic carbocycles. The van der Waals surface area contributed by atoms with Crippen molar-refractivity contribution in [3.63, 3.8) is 0 Å². The zero-order valence-electron chi connectivity index (χ0n) is 18.2. The molecule has 0 radical (unpaired) electrons. The molecule has 3 aromatic rings. The van der Waals surface area contributed by atoms with Gasteiger partial charge in [-0.05, 0) is 42.0 Å². The topological polar surface area (TPSA) is 98.9 Å². The summed E-state index contributed by atoms with van der Waals surface area (Å²) in [5.41, 5.74) is 5.09. The predicted octanol–water partition coefficient (Wildman–Crippen LogP) is 3.91. The predicted molar refractivity (Wildman–Crippen MR) is 124 cm³/mol. The number of hydrogen-bond donors (Lipinski definition) is 1. The summed E-state index contributed by atoms with van der Waals surface area (Å²) in [5, 5.41) is 0.0529. The quantitative estimate of drug-likeness (QED) is 0.470. The third kappa shape index (κ3) is 5.07. The number of nitrogens with zero attached hydrogens (tertiary/aromatic N) is 1. The van der Waals surface area contributed by atoms with Crippen molar-refractivity contribution in [2.75, 3.05) is 25.1 Å². The number of rotatable bonds is 9. The molecule has 1 amide bonds. The Balaban J connectivity index is 2.19. The lowest BCUT2D eigenvalue weighted by molar-refractivity contribution is -0.116. The van der Waals surface area contributed by atoms with Gasteiger partial charge in [-0.25, -0.2) is 17.2 Å². The van der Waals surface area contributed by atoms with Crippen LogP contribution >= 0.6 is 11.6 Å². The van der Waals surface area contributed by atoms with Gasteiger partial charge in [-0.15, -0.1) is 0 Å². The van der Waals surface area contributed by atoms with Crippen LogP contribution in [-0.4, -0.2) is 35.1 Å². The minimum Gasteiger partial charge on any atom is -0.493 e. The summed E-state index contributed by atoms with van der Waals surface area (Å²) in [6, 6.07) is 11.5. The third-order valence-electron chi connectivity index (χ3n) is 5.02. The van der Waals surface area contributed by atoms with Gasteiger partial charge in [-0.3, -0.25) is 9.10 Å². The van der Waals surface area contributed by atoms with Crippen LogP contribution in [-0.2, 0) is 21.2 Å². The van der Waals surface area contributed by atoms with Gasteiger partial charge in [-0.1, -0.05) is 23.7 Å². The molecule has 0 aliphatic heterocycles. The van der Waals surface area contributed by atoms with Crippen molar-refractivity contribution in [2.45, 2.75) is 11.3 Å². The molecular weight excluding hydrogens is 490 g/mol. The number of carbonyl (C=O) groups excluding carboxylic acids is 1. The molecule has 0 heterocycles. The van der Waals surface area contributed by atoms with E-state index in [0.29, 0.717) is 5.75 Å². The van der Waals surface area contributed by atoms with Crippen LogP contribution in [0.5, 0.6) is 11.5 Å². The average Bonchev–Trinajstić information content (AvgIpc) is 2.80. The van der Waals surface area contributed by atoms with Crippen LogP contribution in [0.15, 0.2) is 59.5 Å². The molecule has 34 heavy (non-hydrogen) atoms. The molecule has 11 heteroatoms. The van der Waals surface area contributed by atoms with Gasteiger partial charge >= 0.3 is 0 Å². The van der Waals surface area contributed by atoms with Gasteiger partial charge in [0.05, 0.1) is 24.8 Å². The minimum atomic E-state index is -4.41. The number of sulfonamides is 1. The Kier molecular flexibility index (Phi) is 7.63. The summed E-state index contributed by atoms with van der Waals surface area (Å²) in [6.45, 7) is -0.746. The first kappa shape index (κ1) is 25.3. The second-order valence-electron chi connectivity index (χ2n) is 7.11. The molecule has 7 nitrogen and oxygen atoms in total. The molecule has 0 atom stereocenters. The van der Waals surface area contributed by atoms with Gasteiger partial charge in [0.25, 0.3) is 10.0 Å². The van der Waals surface area contributed by atoms with Crippen molar-refractivity contribution in [3.8, 4) is 11.5 Å². The molecular formula is C23H21ClF2N2O5S. The summed E-state index contributed by atoms with van der Waals surface area (Å²) in [6.07, 6.45) is -0.371. The Bertz CT molecular complexity index is 1310. The highest BCUT2D eigenvalue weighted by molar-refractivity contribution is 7.92. The highest BCUT2D eigenvalue weighted by atomic mass is 35.5. The van der Waals surface area contributed by atoms with E-state index in [-0.39, 0.29) is 38.9 Å². The van der Waals surface area contributed by atoms with Crippen LogP contribution in [0.25, 0.3) is 0 Å². The maximum absolute atomic E-state index is 14.3. The van der Waals surface area contributed by atoms with Crippen LogP contribution in [0.4, 0.5) is 14.5 Å². The first-order valence-corrected chi connectivity index (χ1v) is 11.6. The number of hydrogen-bond acceptors (Lipinski definition) is 5. The van der Waals surface area contributed by atoms with E-state index in [1.54, 1.807) is 0 Å². The standard InChI is InChI=1S/C23H21ClF2N2O5S/c1-32-21-10-9-14(11-22(21)33-2)34(30,31)28(13-23(27)29)20-8-3-5-17(24)15(20)12-16-18(25)6-4-7-19(16)26/h3-11H,12-13H2,1-2H3,(H2,27,29). The third-order valence-corrected chi connectivity index (χ3v) is 7.13. The van der Waals surface area contributed by atoms with Gasteiger partial charge in [0.1, 0.15) is 18.2 Å². The number of methoxy groups -OCH3 is 2. The van der Waals surface area contributed by atoms with E-state index in [1.807, 2.05) is 0 Å². The van der Waals surface area contributed by atoms with Crippen molar-refractivity contribution in [1.29, 1.82) is 0 Å². The van der Waals surface area contributed by atoms with Crippen LogP contribution < -0.4 is 19.5 Å². The van der Waals surface area contributed by atoms with E-state index in [0.717, 1.165) is 16.4 Å². The Morgan fingerprint density at radius 1 is 0.971 bits per heavy atom. The summed E-state index contributed by atoms with van der Waals surface area (Å²) < 4.78 is 67.0. The number of primary amides is 1. The largest absolute Gasteiger partial charge is 0.493 e. The molecule has 0 unspecified atom stereocenters. The van der Waals surface area contributed by atoms with Gasteiger partial charge in [0.15, 0.2) is 11.5 Å². The zero-order chi connectivity index (χ0) is 25.0. The van der Waals surface area contributed by atoms with E-state index in [1.165, 1.54) is 56.7 Å². The first-order valence-electron chi connectivity index (χ1n) is 9.83. The fourth-order valence-corrected chi connectivity index (χ4v) is 5.09. The molecule has 3 aromatic carbocycles. The molecule has 0 bridgehead atoms. The maximum Gasteiger partial charge on any atom is 0.264 e. The van der Waals surface area contributed by atoms with Crippen LogP contribution in [0.2, 0.25) is 5.02 Å². The number of anilines is 1. The van der Waals surface area contributed by atoms with Crippen LogP contribution in [0.1, 0.15) is 11.1 Å². The van der Waals surface area contributed by atoms with Crippen LogP contribution in [0, 0.1) is 11.6 Å². The van der Waals surface area contributed by atoms with Crippen molar-refractivity contribution in [3.05, 3.63) is 82.4 Å². The number of ether oxygens (including phenoxy) is 2. The highest BCUT2D eigenvalue weighted by Gasteiger charge is 2.30. The van der Waals surface area contributed by atoms with Crippen molar-refractivity contribution >= 4 is 33.2 Å². The minimum absolute atomic E-state index is 0.0521. The molecule has 3 rings (SSSR count). The smallest absolute Gasteiger partial charge is 0.264 e. The van der Waals surface area contributed by atoms with Crippen molar-refractivity contribution in [1.82, 2.24) is 0 Å². The van der Waals surface area contributed by atoms with E-state index < -0.39 is 34.1 Å².